The molecule has 1 heterocycles. The highest BCUT2D eigenvalue weighted by molar-refractivity contribution is 5.57. The van der Waals surface area contributed by atoms with Crippen molar-refractivity contribution in [3.05, 3.63) is 29.6 Å². The van der Waals surface area contributed by atoms with E-state index in [1.165, 1.54) is 18.9 Å². The van der Waals surface area contributed by atoms with Crippen molar-refractivity contribution < 1.29 is 9.13 Å². The van der Waals surface area contributed by atoms with Gasteiger partial charge in [0.1, 0.15) is 5.82 Å². The Morgan fingerprint density at radius 1 is 1.35 bits per heavy atom. The Balaban J connectivity index is 1.98. The average molecular weight is 278 g/mol. The van der Waals surface area contributed by atoms with E-state index in [4.69, 9.17) is 10.5 Å². The number of morpholine rings is 1. The number of benzene rings is 1. The molecule has 1 aliphatic heterocycles. The maximum Gasteiger partial charge on any atom is 0.146 e. The second kappa shape index (κ2) is 5.70. The lowest BCUT2D eigenvalue weighted by Crippen LogP contribution is -2.53. The first-order chi connectivity index (χ1) is 9.68. The summed E-state index contributed by atoms with van der Waals surface area (Å²) in [6.45, 7) is 3.34. The minimum Gasteiger partial charge on any atom is -0.374 e. The Morgan fingerprint density at radius 2 is 2.15 bits per heavy atom. The monoisotopic (exact) mass is 278 g/mol. The first-order valence-corrected chi connectivity index (χ1v) is 7.60. The number of para-hydroxylation sites is 1. The van der Waals surface area contributed by atoms with Crippen LogP contribution >= 0.6 is 0 Å². The van der Waals surface area contributed by atoms with E-state index in [1.54, 1.807) is 6.07 Å². The summed E-state index contributed by atoms with van der Waals surface area (Å²) in [5, 5.41) is 0. The molecule has 3 rings (SSSR count). The lowest BCUT2D eigenvalue weighted by atomic mass is 9.89. The molecule has 2 fully saturated rings. The molecule has 0 amide bonds. The van der Waals surface area contributed by atoms with E-state index in [0.29, 0.717) is 18.3 Å². The Kier molecular flexibility index (Phi) is 3.94. The Morgan fingerprint density at radius 3 is 2.95 bits per heavy atom. The normalized spacial score (nSPS) is 28.1. The summed E-state index contributed by atoms with van der Waals surface area (Å²) in [5.41, 5.74) is 7.63. The van der Waals surface area contributed by atoms with Crippen LogP contribution in [0, 0.1) is 5.82 Å². The van der Waals surface area contributed by atoms with Crippen molar-refractivity contribution in [3.63, 3.8) is 0 Å². The first kappa shape index (κ1) is 13.8. The van der Waals surface area contributed by atoms with Crippen LogP contribution < -0.4 is 10.6 Å². The third-order valence-corrected chi connectivity index (χ3v) is 4.53. The van der Waals surface area contributed by atoms with Crippen molar-refractivity contribution in [1.82, 2.24) is 0 Å². The molecule has 3 nitrogen and oxygen atoms in total. The van der Waals surface area contributed by atoms with E-state index in [9.17, 15) is 4.39 Å². The lowest BCUT2D eigenvalue weighted by molar-refractivity contribution is -0.00899. The first-order valence-electron chi connectivity index (χ1n) is 7.60. The molecule has 20 heavy (non-hydrogen) atoms. The number of hydrogen-bond donors (Lipinski definition) is 1. The zero-order chi connectivity index (χ0) is 14.1. The average Bonchev–Trinajstić information content (AvgIpc) is 2.46. The molecule has 2 N–H and O–H groups in total. The molecule has 1 saturated carbocycles. The van der Waals surface area contributed by atoms with E-state index >= 15 is 0 Å². The van der Waals surface area contributed by atoms with Gasteiger partial charge in [-0.3, -0.25) is 0 Å². The highest BCUT2D eigenvalue weighted by atomic mass is 19.1. The van der Waals surface area contributed by atoms with Crippen molar-refractivity contribution in [2.75, 3.05) is 18.1 Å². The number of hydrogen-bond acceptors (Lipinski definition) is 3. The van der Waals surface area contributed by atoms with Crippen LogP contribution in [-0.2, 0) is 4.74 Å². The molecule has 0 radical (unpaired) electrons. The number of ether oxygens (including phenoxy) is 1. The fourth-order valence-electron chi connectivity index (χ4n) is 3.58. The summed E-state index contributed by atoms with van der Waals surface area (Å²) in [4.78, 5) is 2.21. The van der Waals surface area contributed by atoms with Crippen LogP contribution in [0.2, 0.25) is 0 Å². The van der Waals surface area contributed by atoms with Gasteiger partial charge in [-0.25, -0.2) is 4.39 Å². The molecule has 1 aromatic rings. The highest BCUT2D eigenvalue weighted by Gasteiger charge is 2.36. The van der Waals surface area contributed by atoms with Crippen LogP contribution in [-0.4, -0.2) is 25.3 Å². The van der Waals surface area contributed by atoms with Crippen molar-refractivity contribution in [3.8, 4) is 0 Å². The van der Waals surface area contributed by atoms with Crippen LogP contribution in [0.3, 0.4) is 0 Å². The van der Waals surface area contributed by atoms with Gasteiger partial charge in [-0.2, -0.15) is 0 Å². The topological polar surface area (TPSA) is 38.5 Å². The van der Waals surface area contributed by atoms with Crippen molar-refractivity contribution >= 4 is 5.69 Å². The molecule has 3 atom stereocenters. The summed E-state index contributed by atoms with van der Waals surface area (Å²) >= 11 is 0. The molecule has 1 saturated heterocycles. The van der Waals surface area contributed by atoms with Crippen LogP contribution in [0.15, 0.2) is 18.2 Å². The second-order valence-corrected chi connectivity index (χ2v) is 5.92. The second-order valence-electron chi connectivity index (χ2n) is 5.92. The zero-order valence-electron chi connectivity index (χ0n) is 12.0. The summed E-state index contributed by atoms with van der Waals surface area (Å²) in [6.07, 6.45) is 4.83. The van der Waals surface area contributed by atoms with Gasteiger partial charge in [0.2, 0.25) is 0 Å². The minimum absolute atomic E-state index is 0.161. The van der Waals surface area contributed by atoms with Gasteiger partial charge < -0.3 is 15.4 Å². The van der Waals surface area contributed by atoms with E-state index < -0.39 is 0 Å². The van der Waals surface area contributed by atoms with Crippen LogP contribution in [0.25, 0.3) is 0 Å². The smallest absolute Gasteiger partial charge is 0.146 e. The molecule has 0 aromatic heterocycles. The quantitative estimate of drug-likeness (QED) is 0.904. The van der Waals surface area contributed by atoms with Crippen molar-refractivity contribution in [2.45, 2.75) is 50.8 Å². The summed E-state index contributed by atoms with van der Waals surface area (Å²) < 4.78 is 20.3. The number of rotatable bonds is 2. The summed E-state index contributed by atoms with van der Waals surface area (Å²) in [5.74, 6) is -0.161. The fraction of sp³-hybridized carbons (Fsp3) is 0.625. The third kappa shape index (κ3) is 2.42. The van der Waals surface area contributed by atoms with Gasteiger partial charge in [0.25, 0.3) is 0 Å². The molecular formula is C16H23FN2O. The summed E-state index contributed by atoms with van der Waals surface area (Å²) in [6, 6.07) is 5.36. The Bertz CT molecular complexity index is 476. The number of anilines is 1. The van der Waals surface area contributed by atoms with E-state index in [2.05, 4.69) is 4.90 Å². The standard InChI is InChI=1S/C16H23FN2O/c1-11(18)12-5-4-6-13(17)16(12)19-9-10-20-15-8-3-2-7-14(15)19/h4-6,11,14-15H,2-3,7-10,18H2,1H3. The SMILES string of the molecule is CC(N)c1cccc(F)c1N1CCOC2CCCCC21. The maximum atomic E-state index is 14.4. The third-order valence-electron chi connectivity index (χ3n) is 4.53. The summed E-state index contributed by atoms with van der Waals surface area (Å²) in [7, 11) is 0. The van der Waals surface area contributed by atoms with Crippen molar-refractivity contribution in [2.24, 2.45) is 5.73 Å². The van der Waals surface area contributed by atoms with Crippen LogP contribution in [0.1, 0.15) is 44.2 Å². The van der Waals surface area contributed by atoms with Gasteiger partial charge in [-0.05, 0) is 31.4 Å². The molecule has 2 aliphatic rings. The van der Waals surface area contributed by atoms with Gasteiger partial charge in [-0.1, -0.05) is 25.0 Å². The van der Waals surface area contributed by atoms with Gasteiger partial charge >= 0.3 is 0 Å². The Hall–Kier alpha value is -1.13. The van der Waals surface area contributed by atoms with E-state index in [0.717, 1.165) is 24.9 Å². The molecule has 110 valence electrons. The number of nitrogens with two attached hydrogens (primary N) is 1. The molecule has 3 unspecified atom stereocenters. The fourth-order valence-corrected chi connectivity index (χ4v) is 3.58. The van der Waals surface area contributed by atoms with Gasteiger partial charge in [0, 0.05) is 12.6 Å². The zero-order valence-corrected chi connectivity index (χ0v) is 12.0. The number of fused-ring (bicyclic) bond motifs is 1. The van der Waals surface area contributed by atoms with Gasteiger partial charge in [0.15, 0.2) is 0 Å². The van der Waals surface area contributed by atoms with Crippen molar-refractivity contribution in [1.29, 1.82) is 0 Å². The minimum atomic E-state index is -0.161. The van der Waals surface area contributed by atoms with E-state index in [-0.39, 0.29) is 18.0 Å². The number of nitrogens with zero attached hydrogens (tertiary/aromatic N) is 1. The molecule has 1 aromatic carbocycles. The Labute approximate surface area is 119 Å². The predicted molar refractivity (Wildman–Crippen MR) is 78.3 cm³/mol. The van der Waals surface area contributed by atoms with Crippen LogP contribution in [0.4, 0.5) is 10.1 Å². The van der Waals surface area contributed by atoms with Gasteiger partial charge in [0.05, 0.1) is 24.4 Å². The van der Waals surface area contributed by atoms with E-state index in [1.807, 2.05) is 13.0 Å². The number of halogens is 1. The van der Waals surface area contributed by atoms with Crippen LogP contribution in [0.5, 0.6) is 0 Å². The molecule has 0 bridgehead atoms. The predicted octanol–water partition coefficient (Wildman–Crippen LogP) is 2.99. The molecule has 0 spiro atoms. The highest BCUT2D eigenvalue weighted by Crippen LogP contribution is 2.36. The molecular weight excluding hydrogens is 255 g/mol. The van der Waals surface area contributed by atoms with Gasteiger partial charge in [-0.15, -0.1) is 0 Å². The molecule has 1 aliphatic carbocycles. The molecule has 4 heteroatoms. The largest absolute Gasteiger partial charge is 0.374 e. The lowest BCUT2D eigenvalue weighted by Gasteiger charge is -2.46. The maximum absolute atomic E-state index is 14.4.